The predicted molar refractivity (Wildman–Crippen MR) is 97.6 cm³/mol. The molecule has 2 aromatic carbocycles. The highest BCUT2D eigenvalue weighted by molar-refractivity contribution is 6.30. The highest BCUT2D eigenvalue weighted by atomic mass is 35.5. The third-order valence-electron chi connectivity index (χ3n) is 3.17. The van der Waals surface area contributed by atoms with Crippen molar-refractivity contribution >= 4 is 35.2 Å². The van der Waals surface area contributed by atoms with Crippen LogP contribution >= 0.6 is 11.6 Å². The molecule has 2 rings (SSSR count). The van der Waals surface area contributed by atoms with E-state index in [0.717, 1.165) is 6.07 Å². The van der Waals surface area contributed by atoms with Crippen LogP contribution in [0.25, 0.3) is 6.08 Å². The van der Waals surface area contributed by atoms with Crippen molar-refractivity contribution in [1.82, 2.24) is 0 Å². The minimum absolute atomic E-state index is 0.0448. The number of hydrogen-bond acceptors (Lipinski definition) is 4. The average molecular weight is 378 g/mol. The van der Waals surface area contributed by atoms with Crippen LogP contribution in [0.3, 0.4) is 0 Å². The minimum Gasteiger partial charge on any atom is -0.493 e. The number of halogens is 2. The zero-order valence-electron chi connectivity index (χ0n) is 14.0. The van der Waals surface area contributed by atoms with Gasteiger partial charge in [0.2, 0.25) is 0 Å². The molecule has 0 aliphatic heterocycles. The quantitative estimate of drug-likeness (QED) is 0.583. The fourth-order valence-corrected chi connectivity index (χ4v) is 2.18. The van der Waals surface area contributed by atoms with E-state index in [1.165, 1.54) is 24.3 Å². The minimum atomic E-state index is -0.706. The summed E-state index contributed by atoms with van der Waals surface area (Å²) in [4.78, 5) is 23.5. The average Bonchev–Trinajstić information content (AvgIpc) is 2.62. The number of carbonyl (C=O) groups excluding carboxylic acids is 2. The van der Waals surface area contributed by atoms with Crippen molar-refractivity contribution in [3.8, 4) is 5.75 Å². The fourth-order valence-electron chi connectivity index (χ4n) is 2.02. The number of benzene rings is 2. The van der Waals surface area contributed by atoms with Gasteiger partial charge in [0.1, 0.15) is 11.6 Å². The maximum atomic E-state index is 13.6. The van der Waals surface area contributed by atoms with Crippen molar-refractivity contribution in [2.75, 3.05) is 18.5 Å². The summed E-state index contributed by atoms with van der Waals surface area (Å²) in [5.41, 5.74) is 0.663. The highest BCUT2D eigenvalue weighted by Gasteiger charge is 2.09. The van der Waals surface area contributed by atoms with Crippen molar-refractivity contribution in [1.29, 1.82) is 0 Å². The molecule has 1 N–H and O–H groups in total. The standard InChI is InChI=1S/C19H17ClFNO4/c1-2-25-17-6-4-3-5-13(17)7-10-19(24)26-12-18(23)22-16-9-8-14(20)11-15(16)21/h3-11H,2,12H2,1H3,(H,22,23)/b10-7+. The first-order valence-corrected chi connectivity index (χ1v) is 8.19. The smallest absolute Gasteiger partial charge is 0.331 e. The Kier molecular flexibility index (Phi) is 7.17. The van der Waals surface area contributed by atoms with Gasteiger partial charge in [-0.25, -0.2) is 9.18 Å². The normalized spacial score (nSPS) is 10.6. The van der Waals surface area contributed by atoms with Crippen LogP contribution in [0.15, 0.2) is 48.5 Å². The van der Waals surface area contributed by atoms with E-state index >= 15 is 0 Å². The first-order valence-electron chi connectivity index (χ1n) is 7.81. The second-order valence-corrected chi connectivity index (χ2v) is 5.52. The Hall–Kier alpha value is -2.86. The number of esters is 1. The Morgan fingerprint density at radius 1 is 1.23 bits per heavy atom. The van der Waals surface area contributed by atoms with Crippen LogP contribution in [-0.4, -0.2) is 25.1 Å². The van der Waals surface area contributed by atoms with E-state index in [1.54, 1.807) is 12.1 Å². The molecule has 0 atom stereocenters. The molecule has 0 heterocycles. The molecule has 0 aromatic heterocycles. The molecule has 0 saturated heterocycles. The molecule has 0 bridgehead atoms. The fraction of sp³-hybridized carbons (Fsp3) is 0.158. The lowest BCUT2D eigenvalue weighted by Crippen LogP contribution is -2.20. The van der Waals surface area contributed by atoms with Gasteiger partial charge in [-0.3, -0.25) is 4.79 Å². The van der Waals surface area contributed by atoms with E-state index in [2.05, 4.69) is 5.32 Å². The van der Waals surface area contributed by atoms with Gasteiger partial charge in [-0.2, -0.15) is 0 Å². The monoisotopic (exact) mass is 377 g/mol. The van der Waals surface area contributed by atoms with Crippen molar-refractivity contribution in [3.05, 3.63) is 64.9 Å². The lowest BCUT2D eigenvalue weighted by Gasteiger charge is -2.07. The molecule has 0 saturated carbocycles. The Labute approximate surface area is 155 Å². The molecule has 0 unspecified atom stereocenters. The maximum Gasteiger partial charge on any atom is 0.331 e. The van der Waals surface area contributed by atoms with Gasteiger partial charge in [-0.15, -0.1) is 0 Å². The zero-order valence-corrected chi connectivity index (χ0v) is 14.8. The number of hydrogen-bond donors (Lipinski definition) is 1. The van der Waals surface area contributed by atoms with E-state index in [0.29, 0.717) is 17.9 Å². The van der Waals surface area contributed by atoms with Crippen molar-refractivity contribution in [3.63, 3.8) is 0 Å². The van der Waals surface area contributed by atoms with E-state index in [9.17, 15) is 14.0 Å². The summed E-state index contributed by atoms with van der Waals surface area (Å²) in [5.74, 6) is -1.41. The Balaban J connectivity index is 1.87. The number of rotatable bonds is 7. The largest absolute Gasteiger partial charge is 0.493 e. The molecule has 0 aliphatic rings. The molecule has 0 fully saturated rings. The van der Waals surface area contributed by atoms with Gasteiger partial charge in [-0.05, 0) is 37.3 Å². The number of anilines is 1. The molecule has 5 nitrogen and oxygen atoms in total. The Morgan fingerprint density at radius 2 is 2.00 bits per heavy atom. The third-order valence-corrected chi connectivity index (χ3v) is 3.40. The van der Waals surface area contributed by atoms with Gasteiger partial charge in [0.05, 0.1) is 12.3 Å². The highest BCUT2D eigenvalue weighted by Crippen LogP contribution is 2.20. The third kappa shape index (κ3) is 5.89. The molecule has 2 aromatic rings. The molecule has 26 heavy (non-hydrogen) atoms. The number of nitrogens with one attached hydrogen (secondary N) is 1. The van der Waals surface area contributed by atoms with Crippen LogP contribution < -0.4 is 10.1 Å². The van der Waals surface area contributed by atoms with Gasteiger partial charge in [0.15, 0.2) is 6.61 Å². The van der Waals surface area contributed by atoms with Gasteiger partial charge < -0.3 is 14.8 Å². The van der Waals surface area contributed by atoms with Crippen LogP contribution in [0, 0.1) is 5.82 Å². The summed E-state index contributed by atoms with van der Waals surface area (Å²) < 4.78 is 23.9. The second-order valence-electron chi connectivity index (χ2n) is 5.08. The molecule has 0 aliphatic carbocycles. The molecule has 1 amide bonds. The molecular weight excluding hydrogens is 361 g/mol. The van der Waals surface area contributed by atoms with E-state index < -0.39 is 24.3 Å². The van der Waals surface area contributed by atoms with Crippen LogP contribution in [0.1, 0.15) is 12.5 Å². The molecule has 0 radical (unpaired) electrons. The summed E-state index contributed by atoms with van der Waals surface area (Å²) >= 11 is 5.63. The maximum absolute atomic E-state index is 13.6. The van der Waals surface area contributed by atoms with Gasteiger partial charge in [0, 0.05) is 16.7 Å². The summed E-state index contributed by atoms with van der Waals surface area (Å²) in [6, 6.07) is 11.0. The summed E-state index contributed by atoms with van der Waals surface area (Å²) in [6.45, 7) is 1.81. The molecule has 7 heteroatoms. The summed E-state index contributed by atoms with van der Waals surface area (Å²) in [7, 11) is 0. The lowest BCUT2D eigenvalue weighted by atomic mass is 10.2. The SMILES string of the molecule is CCOc1ccccc1/C=C/C(=O)OCC(=O)Nc1ccc(Cl)cc1F. The number of ether oxygens (including phenoxy) is 2. The van der Waals surface area contributed by atoms with Crippen molar-refractivity contribution in [2.24, 2.45) is 0 Å². The lowest BCUT2D eigenvalue weighted by molar-refractivity contribution is -0.142. The molecular formula is C19H17ClFNO4. The van der Waals surface area contributed by atoms with Crippen LogP contribution in [0.5, 0.6) is 5.75 Å². The van der Waals surface area contributed by atoms with Crippen LogP contribution in [-0.2, 0) is 14.3 Å². The number of amides is 1. The second kappa shape index (κ2) is 9.58. The molecule has 0 spiro atoms. The molecule has 136 valence electrons. The van der Waals surface area contributed by atoms with Crippen LogP contribution in [0.4, 0.5) is 10.1 Å². The first-order chi connectivity index (χ1) is 12.5. The van der Waals surface area contributed by atoms with E-state index in [4.69, 9.17) is 21.1 Å². The van der Waals surface area contributed by atoms with E-state index in [1.807, 2.05) is 19.1 Å². The van der Waals surface area contributed by atoms with Gasteiger partial charge in [0.25, 0.3) is 5.91 Å². The topological polar surface area (TPSA) is 64.6 Å². The van der Waals surface area contributed by atoms with Crippen molar-refractivity contribution in [2.45, 2.75) is 6.92 Å². The number of para-hydroxylation sites is 1. The Morgan fingerprint density at radius 3 is 2.73 bits per heavy atom. The van der Waals surface area contributed by atoms with Crippen molar-refractivity contribution < 1.29 is 23.5 Å². The van der Waals surface area contributed by atoms with Gasteiger partial charge in [-0.1, -0.05) is 29.8 Å². The first kappa shape index (κ1) is 19.5. The predicted octanol–water partition coefficient (Wildman–Crippen LogP) is 4.07. The Bertz CT molecular complexity index is 823. The van der Waals surface area contributed by atoms with Gasteiger partial charge >= 0.3 is 5.97 Å². The van der Waals surface area contributed by atoms with Crippen LogP contribution in [0.2, 0.25) is 5.02 Å². The summed E-state index contributed by atoms with van der Waals surface area (Å²) in [6.07, 6.45) is 2.72. The summed E-state index contributed by atoms with van der Waals surface area (Å²) in [5, 5.41) is 2.51. The van der Waals surface area contributed by atoms with E-state index in [-0.39, 0.29) is 10.7 Å². The zero-order chi connectivity index (χ0) is 18.9. The number of carbonyl (C=O) groups is 2.